The maximum absolute atomic E-state index is 4.69. The second-order valence-corrected chi connectivity index (χ2v) is 5.70. The normalized spacial score (nSPS) is 11.1. The Kier molecular flexibility index (Phi) is 3.38. The smallest absolute Gasteiger partial charge is 0.107 e. The molecule has 0 bridgehead atoms. The number of nitrogens with one attached hydrogen (secondary N) is 1. The summed E-state index contributed by atoms with van der Waals surface area (Å²) in [5, 5.41) is 0. The van der Waals surface area contributed by atoms with Crippen molar-refractivity contribution in [1.29, 1.82) is 0 Å². The summed E-state index contributed by atoms with van der Waals surface area (Å²) in [5.41, 5.74) is 4.73. The number of aryl methyl sites for hydroxylation is 3. The molecular formula is C16H15BrN2. The standard InChI is InChI=1S/C16H15BrN2/c1-11-9-13(17)10-14-16(11)19-15(18-14)8-7-12-5-3-2-4-6-12/h2-6,9-10H,7-8H2,1H3,(H,18,19). The molecule has 3 rings (SSSR count). The molecule has 3 heteroatoms. The van der Waals surface area contributed by atoms with E-state index < -0.39 is 0 Å². The highest BCUT2D eigenvalue weighted by Gasteiger charge is 2.06. The van der Waals surface area contributed by atoms with Crippen molar-refractivity contribution >= 4 is 27.0 Å². The summed E-state index contributed by atoms with van der Waals surface area (Å²) >= 11 is 3.52. The Morgan fingerprint density at radius 3 is 2.68 bits per heavy atom. The molecule has 0 atom stereocenters. The van der Waals surface area contributed by atoms with Gasteiger partial charge in [0.25, 0.3) is 0 Å². The van der Waals surface area contributed by atoms with Gasteiger partial charge in [-0.3, -0.25) is 0 Å². The zero-order chi connectivity index (χ0) is 13.2. The van der Waals surface area contributed by atoms with Gasteiger partial charge in [-0.1, -0.05) is 46.3 Å². The number of benzene rings is 2. The van der Waals surface area contributed by atoms with Gasteiger partial charge in [0.1, 0.15) is 5.82 Å². The highest BCUT2D eigenvalue weighted by Crippen LogP contribution is 2.22. The highest BCUT2D eigenvalue weighted by molar-refractivity contribution is 9.10. The van der Waals surface area contributed by atoms with Crippen LogP contribution in [0.5, 0.6) is 0 Å². The number of nitrogens with zero attached hydrogens (tertiary/aromatic N) is 1. The van der Waals surface area contributed by atoms with Gasteiger partial charge < -0.3 is 4.98 Å². The average molecular weight is 315 g/mol. The summed E-state index contributed by atoms with van der Waals surface area (Å²) in [7, 11) is 0. The van der Waals surface area contributed by atoms with Gasteiger partial charge in [-0.2, -0.15) is 0 Å². The van der Waals surface area contributed by atoms with Crippen molar-refractivity contribution in [2.45, 2.75) is 19.8 Å². The molecule has 0 aliphatic rings. The fourth-order valence-electron chi connectivity index (χ4n) is 2.32. The second kappa shape index (κ2) is 5.17. The molecule has 2 aromatic carbocycles. The van der Waals surface area contributed by atoms with E-state index in [-0.39, 0.29) is 0 Å². The number of rotatable bonds is 3. The van der Waals surface area contributed by atoms with Gasteiger partial charge in [0.15, 0.2) is 0 Å². The summed E-state index contributed by atoms with van der Waals surface area (Å²) in [5.74, 6) is 1.06. The van der Waals surface area contributed by atoms with Gasteiger partial charge in [0.2, 0.25) is 0 Å². The first kappa shape index (κ1) is 12.4. The van der Waals surface area contributed by atoms with Crippen LogP contribution in [0.1, 0.15) is 17.0 Å². The van der Waals surface area contributed by atoms with Crippen LogP contribution in [0.25, 0.3) is 11.0 Å². The average Bonchev–Trinajstić information content (AvgIpc) is 2.81. The summed E-state index contributed by atoms with van der Waals surface area (Å²) in [6.07, 6.45) is 1.95. The molecule has 1 aromatic heterocycles. The van der Waals surface area contributed by atoms with Gasteiger partial charge >= 0.3 is 0 Å². The first-order chi connectivity index (χ1) is 9.22. The fraction of sp³-hybridized carbons (Fsp3) is 0.188. The lowest BCUT2D eigenvalue weighted by Gasteiger charge is -1.97. The maximum Gasteiger partial charge on any atom is 0.107 e. The van der Waals surface area contributed by atoms with E-state index in [9.17, 15) is 0 Å². The van der Waals surface area contributed by atoms with Crippen molar-refractivity contribution in [3.63, 3.8) is 0 Å². The number of fused-ring (bicyclic) bond motifs is 1. The minimum Gasteiger partial charge on any atom is -0.342 e. The van der Waals surface area contributed by atoms with Crippen molar-refractivity contribution in [2.24, 2.45) is 0 Å². The highest BCUT2D eigenvalue weighted by atomic mass is 79.9. The SMILES string of the molecule is Cc1cc(Br)cc2[nH]c(CCc3ccccc3)nc12. The van der Waals surface area contributed by atoms with Gasteiger partial charge in [0.05, 0.1) is 11.0 Å². The molecule has 0 amide bonds. The van der Waals surface area contributed by atoms with Crippen LogP contribution in [0.15, 0.2) is 46.9 Å². The summed E-state index contributed by atoms with van der Waals surface area (Å²) in [6, 6.07) is 14.7. The molecule has 0 spiro atoms. The van der Waals surface area contributed by atoms with E-state index in [2.05, 4.69) is 64.2 Å². The Labute approximate surface area is 121 Å². The molecule has 1 N–H and O–H groups in total. The zero-order valence-electron chi connectivity index (χ0n) is 10.8. The molecule has 0 unspecified atom stereocenters. The molecule has 0 fully saturated rings. The first-order valence-electron chi connectivity index (χ1n) is 6.41. The molecule has 2 nitrogen and oxygen atoms in total. The number of halogens is 1. The van der Waals surface area contributed by atoms with Crippen molar-refractivity contribution in [2.75, 3.05) is 0 Å². The monoisotopic (exact) mass is 314 g/mol. The quantitative estimate of drug-likeness (QED) is 0.761. The summed E-state index contributed by atoms with van der Waals surface area (Å²) < 4.78 is 1.09. The van der Waals surface area contributed by atoms with Crippen molar-refractivity contribution < 1.29 is 0 Å². The fourth-order valence-corrected chi connectivity index (χ4v) is 2.90. The van der Waals surface area contributed by atoms with E-state index in [0.717, 1.165) is 34.2 Å². The Morgan fingerprint density at radius 1 is 1.11 bits per heavy atom. The van der Waals surface area contributed by atoms with E-state index in [4.69, 9.17) is 4.98 Å². The predicted octanol–water partition coefficient (Wildman–Crippen LogP) is 4.42. The van der Waals surface area contributed by atoms with Crippen LogP contribution < -0.4 is 0 Å². The van der Waals surface area contributed by atoms with Gasteiger partial charge in [-0.25, -0.2) is 4.98 Å². The molecule has 1 heterocycles. The number of aromatic amines is 1. The third-order valence-corrected chi connectivity index (χ3v) is 3.74. The Hall–Kier alpha value is -1.61. The first-order valence-corrected chi connectivity index (χ1v) is 7.20. The van der Waals surface area contributed by atoms with E-state index in [1.165, 1.54) is 11.1 Å². The molecule has 0 saturated heterocycles. The van der Waals surface area contributed by atoms with Crippen LogP contribution >= 0.6 is 15.9 Å². The Morgan fingerprint density at radius 2 is 1.89 bits per heavy atom. The second-order valence-electron chi connectivity index (χ2n) is 4.79. The van der Waals surface area contributed by atoms with Crippen LogP contribution in [0, 0.1) is 6.92 Å². The molecular weight excluding hydrogens is 300 g/mol. The number of imidazole rings is 1. The molecule has 19 heavy (non-hydrogen) atoms. The van der Waals surface area contributed by atoms with Crippen LogP contribution in [0.2, 0.25) is 0 Å². The van der Waals surface area contributed by atoms with Gasteiger partial charge in [0, 0.05) is 10.9 Å². The van der Waals surface area contributed by atoms with Crippen molar-refractivity contribution in [3.05, 3.63) is 63.9 Å². The Balaban J connectivity index is 1.84. The molecule has 0 saturated carbocycles. The predicted molar refractivity (Wildman–Crippen MR) is 82.4 cm³/mol. The van der Waals surface area contributed by atoms with Gasteiger partial charge in [-0.05, 0) is 36.6 Å². The maximum atomic E-state index is 4.69. The lowest BCUT2D eigenvalue weighted by atomic mass is 10.1. The summed E-state index contributed by atoms with van der Waals surface area (Å²) in [4.78, 5) is 8.10. The van der Waals surface area contributed by atoms with Crippen LogP contribution in [0.4, 0.5) is 0 Å². The summed E-state index contributed by atoms with van der Waals surface area (Å²) in [6.45, 7) is 2.09. The minimum atomic E-state index is 0.940. The lowest BCUT2D eigenvalue weighted by Crippen LogP contribution is -1.92. The molecule has 0 radical (unpaired) electrons. The van der Waals surface area contributed by atoms with E-state index in [1.54, 1.807) is 0 Å². The number of H-pyrrole nitrogens is 1. The lowest BCUT2D eigenvalue weighted by molar-refractivity contribution is 0.890. The van der Waals surface area contributed by atoms with Crippen LogP contribution in [-0.2, 0) is 12.8 Å². The van der Waals surface area contributed by atoms with E-state index in [0.29, 0.717) is 0 Å². The molecule has 0 aliphatic heterocycles. The van der Waals surface area contributed by atoms with E-state index in [1.807, 2.05) is 6.07 Å². The van der Waals surface area contributed by atoms with E-state index >= 15 is 0 Å². The number of aromatic nitrogens is 2. The van der Waals surface area contributed by atoms with Crippen molar-refractivity contribution in [1.82, 2.24) is 9.97 Å². The number of hydrogen-bond acceptors (Lipinski definition) is 1. The molecule has 96 valence electrons. The zero-order valence-corrected chi connectivity index (χ0v) is 12.4. The van der Waals surface area contributed by atoms with Crippen molar-refractivity contribution in [3.8, 4) is 0 Å². The third-order valence-electron chi connectivity index (χ3n) is 3.28. The molecule has 3 aromatic rings. The van der Waals surface area contributed by atoms with Gasteiger partial charge in [-0.15, -0.1) is 0 Å². The topological polar surface area (TPSA) is 28.7 Å². The largest absolute Gasteiger partial charge is 0.342 e. The minimum absolute atomic E-state index is 0.940. The van der Waals surface area contributed by atoms with Crippen LogP contribution in [-0.4, -0.2) is 9.97 Å². The molecule has 0 aliphatic carbocycles. The van der Waals surface area contributed by atoms with Crippen LogP contribution in [0.3, 0.4) is 0 Å². The number of hydrogen-bond donors (Lipinski definition) is 1. The Bertz CT molecular complexity index is 701. The third kappa shape index (κ3) is 2.71.